The second kappa shape index (κ2) is 5.95. The van der Waals surface area contributed by atoms with Crippen LogP contribution in [0.25, 0.3) is 0 Å². The van der Waals surface area contributed by atoms with Gasteiger partial charge in [-0.05, 0) is 6.92 Å². The van der Waals surface area contributed by atoms with Crippen LogP contribution < -0.4 is 0 Å². The highest BCUT2D eigenvalue weighted by Crippen LogP contribution is 2.15. The lowest BCUT2D eigenvalue weighted by Gasteiger charge is -2.18. The molecule has 0 aliphatic carbocycles. The molecule has 0 fully saturated rings. The molecule has 0 aromatic carbocycles. The Labute approximate surface area is 94.3 Å². The minimum absolute atomic E-state index is 0.0278. The lowest BCUT2D eigenvalue weighted by atomic mass is 10.0. The topological polar surface area (TPSA) is 55.8 Å². The summed E-state index contributed by atoms with van der Waals surface area (Å²) in [6.45, 7) is 2.15. The summed E-state index contributed by atoms with van der Waals surface area (Å²) >= 11 is 0. The van der Waals surface area contributed by atoms with Crippen LogP contribution >= 0.6 is 0 Å². The number of amides is 1. The summed E-state index contributed by atoms with van der Waals surface area (Å²) in [4.78, 5) is 23.6. The molecule has 0 saturated heterocycles. The molecule has 0 atom stereocenters. The van der Waals surface area contributed by atoms with Gasteiger partial charge in [-0.2, -0.15) is 0 Å². The lowest BCUT2D eigenvalue weighted by Crippen LogP contribution is -2.22. The maximum atomic E-state index is 11.2. The number of esters is 1. The molecule has 0 N–H and O–H groups in total. The highest BCUT2D eigenvalue weighted by molar-refractivity contribution is 5.72. The van der Waals surface area contributed by atoms with Crippen molar-refractivity contribution in [3.05, 3.63) is 24.6 Å². The summed E-state index contributed by atoms with van der Waals surface area (Å²) in [6, 6.07) is 0. The van der Waals surface area contributed by atoms with E-state index in [0.717, 1.165) is 0 Å². The lowest BCUT2D eigenvalue weighted by molar-refractivity contribution is -0.143. The molecule has 0 aromatic heterocycles. The zero-order valence-electron chi connectivity index (χ0n) is 9.38. The SMILES string of the molecule is CCOC(=O)CC1C=CN(C(=O)OC)C=C1. The van der Waals surface area contributed by atoms with Gasteiger partial charge in [-0.25, -0.2) is 4.79 Å². The third-order valence-electron chi connectivity index (χ3n) is 2.08. The Bertz CT molecular complexity index is 308. The molecule has 0 unspecified atom stereocenters. The molecule has 0 spiro atoms. The predicted octanol–water partition coefficient (Wildman–Crippen LogP) is 1.67. The highest BCUT2D eigenvalue weighted by Gasteiger charge is 2.15. The predicted molar refractivity (Wildman–Crippen MR) is 57.3 cm³/mol. The van der Waals surface area contributed by atoms with E-state index in [1.54, 1.807) is 31.5 Å². The molecule has 16 heavy (non-hydrogen) atoms. The molecule has 5 heteroatoms. The van der Waals surface area contributed by atoms with E-state index in [2.05, 4.69) is 4.74 Å². The summed E-state index contributed by atoms with van der Waals surface area (Å²) < 4.78 is 9.37. The number of ether oxygens (including phenoxy) is 2. The fraction of sp³-hybridized carbons (Fsp3) is 0.455. The van der Waals surface area contributed by atoms with Crippen molar-refractivity contribution >= 4 is 12.1 Å². The van der Waals surface area contributed by atoms with Gasteiger partial charge in [-0.1, -0.05) is 12.2 Å². The smallest absolute Gasteiger partial charge is 0.417 e. The summed E-state index contributed by atoms with van der Waals surface area (Å²) in [5.41, 5.74) is 0. The van der Waals surface area contributed by atoms with Crippen LogP contribution in [0.3, 0.4) is 0 Å². The number of hydrogen-bond donors (Lipinski definition) is 0. The van der Waals surface area contributed by atoms with Gasteiger partial charge in [0.15, 0.2) is 0 Å². The van der Waals surface area contributed by atoms with Gasteiger partial charge in [0.2, 0.25) is 0 Å². The molecular formula is C11H15NO4. The Morgan fingerprint density at radius 1 is 1.31 bits per heavy atom. The molecule has 0 saturated carbocycles. The van der Waals surface area contributed by atoms with Crippen molar-refractivity contribution in [1.82, 2.24) is 4.90 Å². The third kappa shape index (κ3) is 3.42. The Morgan fingerprint density at radius 3 is 2.44 bits per heavy atom. The number of carbonyl (C=O) groups is 2. The van der Waals surface area contributed by atoms with Crippen LogP contribution in [0.15, 0.2) is 24.6 Å². The molecule has 0 aromatic rings. The van der Waals surface area contributed by atoms with E-state index in [-0.39, 0.29) is 18.3 Å². The van der Waals surface area contributed by atoms with Gasteiger partial charge < -0.3 is 9.47 Å². The number of rotatable bonds is 3. The van der Waals surface area contributed by atoms with Gasteiger partial charge in [-0.15, -0.1) is 0 Å². The number of allylic oxidation sites excluding steroid dienone is 2. The van der Waals surface area contributed by atoms with Crippen LogP contribution in [0.4, 0.5) is 4.79 Å². The van der Waals surface area contributed by atoms with Crippen molar-refractivity contribution in [3.63, 3.8) is 0 Å². The van der Waals surface area contributed by atoms with Crippen LogP contribution in [0.2, 0.25) is 0 Å². The van der Waals surface area contributed by atoms with E-state index in [4.69, 9.17) is 4.74 Å². The molecule has 1 aliphatic heterocycles. The van der Waals surface area contributed by atoms with E-state index < -0.39 is 6.09 Å². The molecule has 88 valence electrons. The van der Waals surface area contributed by atoms with Gasteiger partial charge >= 0.3 is 12.1 Å². The van der Waals surface area contributed by atoms with E-state index in [1.807, 2.05) is 0 Å². The van der Waals surface area contributed by atoms with Crippen molar-refractivity contribution in [2.24, 2.45) is 5.92 Å². The number of methoxy groups -OCH3 is 1. The van der Waals surface area contributed by atoms with Crippen LogP contribution in [0.1, 0.15) is 13.3 Å². The van der Waals surface area contributed by atoms with Gasteiger partial charge in [0.25, 0.3) is 0 Å². The first kappa shape index (κ1) is 12.3. The normalized spacial score (nSPS) is 15.0. The van der Waals surface area contributed by atoms with Crippen molar-refractivity contribution < 1.29 is 19.1 Å². The minimum Gasteiger partial charge on any atom is -0.466 e. The summed E-state index contributed by atoms with van der Waals surface area (Å²) in [5, 5.41) is 0. The molecule has 0 radical (unpaired) electrons. The molecule has 1 heterocycles. The van der Waals surface area contributed by atoms with Gasteiger partial charge in [0.05, 0.1) is 20.1 Å². The Morgan fingerprint density at radius 2 is 1.94 bits per heavy atom. The average Bonchev–Trinajstić information content (AvgIpc) is 2.29. The monoisotopic (exact) mass is 225 g/mol. The number of carbonyl (C=O) groups excluding carboxylic acids is 2. The Balaban J connectivity index is 2.44. The maximum absolute atomic E-state index is 11.2. The molecule has 1 rings (SSSR count). The molecular weight excluding hydrogens is 210 g/mol. The quantitative estimate of drug-likeness (QED) is 0.685. The maximum Gasteiger partial charge on any atom is 0.417 e. The third-order valence-corrected chi connectivity index (χ3v) is 2.08. The average molecular weight is 225 g/mol. The second-order valence-electron chi connectivity index (χ2n) is 3.23. The van der Waals surface area contributed by atoms with E-state index in [9.17, 15) is 9.59 Å². The van der Waals surface area contributed by atoms with Crippen LogP contribution in [-0.2, 0) is 14.3 Å². The largest absolute Gasteiger partial charge is 0.466 e. The minimum atomic E-state index is -0.456. The van der Waals surface area contributed by atoms with Gasteiger partial charge in [0, 0.05) is 18.3 Å². The molecule has 1 aliphatic rings. The van der Waals surface area contributed by atoms with Crippen molar-refractivity contribution in [3.8, 4) is 0 Å². The molecule has 0 bridgehead atoms. The zero-order chi connectivity index (χ0) is 12.0. The zero-order valence-corrected chi connectivity index (χ0v) is 9.38. The highest BCUT2D eigenvalue weighted by atomic mass is 16.5. The first-order valence-electron chi connectivity index (χ1n) is 5.06. The van der Waals surface area contributed by atoms with Crippen LogP contribution in [0.5, 0.6) is 0 Å². The summed E-state index contributed by atoms with van der Waals surface area (Å²) in [5.74, 6) is -0.270. The Hall–Kier alpha value is -1.78. The van der Waals surface area contributed by atoms with Gasteiger partial charge in [0.1, 0.15) is 0 Å². The summed E-state index contributed by atoms with van der Waals surface area (Å²) in [6.07, 6.45) is 6.50. The fourth-order valence-corrected chi connectivity index (χ4v) is 1.30. The number of hydrogen-bond acceptors (Lipinski definition) is 4. The van der Waals surface area contributed by atoms with Gasteiger partial charge in [-0.3, -0.25) is 9.69 Å². The van der Waals surface area contributed by atoms with Crippen molar-refractivity contribution in [1.29, 1.82) is 0 Å². The second-order valence-corrected chi connectivity index (χ2v) is 3.23. The number of nitrogens with zero attached hydrogens (tertiary/aromatic N) is 1. The molecule has 1 amide bonds. The Kier molecular flexibility index (Phi) is 4.57. The first-order chi connectivity index (χ1) is 7.67. The van der Waals surface area contributed by atoms with Crippen molar-refractivity contribution in [2.45, 2.75) is 13.3 Å². The van der Waals surface area contributed by atoms with E-state index in [0.29, 0.717) is 6.61 Å². The molecule has 5 nitrogen and oxygen atoms in total. The van der Waals surface area contributed by atoms with Crippen LogP contribution in [-0.4, -0.2) is 30.7 Å². The van der Waals surface area contributed by atoms with Crippen LogP contribution in [0, 0.1) is 5.92 Å². The standard InChI is InChI=1S/C11H15NO4/c1-3-16-10(13)8-9-4-6-12(7-5-9)11(14)15-2/h4-7,9H,3,8H2,1-2H3. The van der Waals surface area contributed by atoms with E-state index in [1.165, 1.54) is 12.0 Å². The van der Waals surface area contributed by atoms with Crippen molar-refractivity contribution in [2.75, 3.05) is 13.7 Å². The fourth-order valence-electron chi connectivity index (χ4n) is 1.30. The summed E-state index contributed by atoms with van der Waals surface area (Å²) in [7, 11) is 1.31. The first-order valence-corrected chi connectivity index (χ1v) is 5.06. The van der Waals surface area contributed by atoms with E-state index >= 15 is 0 Å².